The Bertz CT molecular complexity index is 1260. The van der Waals surface area contributed by atoms with Crippen molar-refractivity contribution in [2.24, 2.45) is 0 Å². The van der Waals surface area contributed by atoms with Crippen LogP contribution in [0.15, 0.2) is 91.0 Å². The van der Waals surface area contributed by atoms with Crippen LogP contribution in [0.5, 0.6) is 0 Å². The summed E-state index contributed by atoms with van der Waals surface area (Å²) < 4.78 is 36.1. The number of benzene rings is 3. The minimum absolute atomic E-state index is 0.0138. The lowest BCUT2D eigenvalue weighted by atomic mass is 10.0. The Morgan fingerprint density at radius 1 is 0.842 bits per heavy atom. The molecule has 9 heteroatoms. The van der Waals surface area contributed by atoms with Crippen LogP contribution in [-0.4, -0.2) is 67.2 Å². The van der Waals surface area contributed by atoms with Crippen LogP contribution in [0.25, 0.3) is 0 Å². The van der Waals surface area contributed by atoms with Crippen LogP contribution in [0, 0.1) is 0 Å². The molecular formula is C29H31O8P. The highest BCUT2D eigenvalue weighted by Gasteiger charge is 2.59. The number of aliphatic hydroxyl groups is 1. The normalized spacial score (nSPS) is 23.1. The fraction of sp³-hybridized carbons (Fsp3) is 0.310. The van der Waals surface area contributed by atoms with E-state index in [1.165, 1.54) is 0 Å². The van der Waals surface area contributed by atoms with Gasteiger partial charge in [-0.1, -0.05) is 66.7 Å². The van der Waals surface area contributed by atoms with Gasteiger partial charge >= 0.3 is 11.9 Å². The van der Waals surface area contributed by atoms with Crippen LogP contribution in [-0.2, 0) is 30.1 Å². The van der Waals surface area contributed by atoms with E-state index in [4.69, 9.17) is 18.9 Å². The van der Waals surface area contributed by atoms with Crippen molar-refractivity contribution in [2.75, 3.05) is 26.1 Å². The maximum atomic E-state index is 13.1. The van der Waals surface area contributed by atoms with Gasteiger partial charge in [0.05, 0.1) is 24.9 Å². The molecule has 0 spiro atoms. The molecule has 1 N–H and O–H groups in total. The zero-order valence-electron chi connectivity index (χ0n) is 21.3. The van der Waals surface area contributed by atoms with E-state index in [-0.39, 0.29) is 30.5 Å². The van der Waals surface area contributed by atoms with Crippen LogP contribution >= 0.6 is 7.14 Å². The van der Waals surface area contributed by atoms with Crippen molar-refractivity contribution in [1.29, 1.82) is 0 Å². The van der Waals surface area contributed by atoms with E-state index in [9.17, 15) is 19.3 Å². The van der Waals surface area contributed by atoms with Gasteiger partial charge in [-0.15, -0.1) is 0 Å². The highest BCUT2D eigenvalue weighted by atomic mass is 31.2. The van der Waals surface area contributed by atoms with Gasteiger partial charge in [0.25, 0.3) is 0 Å². The molecule has 4 rings (SSSR count). The largest absolute Gasteiger partial charge is 0.452 e. The molecule has 0 saturated carbocycles. The summed E-state index contributed by atoms with van der Waals surface area (Å²) in [6.45, 7) is 2.91. The summed E-state index contributed by atoms with van der Waals surface area (Å²) >= 11 is 0. The monoisotopic (exact) mass is 538 g/mol. The Morgan fingerprint density at radius 2 is 1.34 bits per heavy atom. The number of hydrogen-bond acceptors (Lipinski definition) is 8. The second-order valence-electron chi connectivity index (χ2n) is 9.66. The second-order valence-corrected chi connectivity index (χ2v) is 13.2. The molecule has 0 aliphatic carbocycles. The van der Waals surface area contributed by atoms with Crippen molar-refractivity contribution >= 4 is 19.1 Å². The van der Waals surface area contributed by atoms with Crippen molar-refractivity contribution in [3.8, 4) is 0 Å². The molecule has 1 aliphatic rings. The zero-order chi connectivity index (χ0) is 27.2. The highest BCUT2D eigenvalue weighted by Crippen LogP contribution is 2.44. The fourth-order valence-corrected chi connectivity index (χ4v) is 5.40. The van der Waals surface area contributed by atoms with Gasteiger partial charge in [0.15, 0.2) is 12.2 Å². The summed E-state index contributed by atoms with van der Waals surface area (Å²) in [6.07, 6.45) is -3.72. The van der Waals surface area contributed by atoms with E-state index in [0.717, 1.165) is 5.56 Å². The van der Waals surface area contributed by atoms with Crippen molar-refractivity contribution in [1.82, 2.24) is 0 Å². The standard InChI is InChI=1S/C29H31O8P/c1-38(2,33)19-24-25(35-27(30)22-14-8-4-9-15-22)26(36-28(31)23-16-10-5-11-17-23)29(32,37-24)20-34-18-21-12-6-3-7-13-21/h3-17,24-26,32H,18-20H2,1-2H3/t24-,25?,26?,29-/m1/s1. The van der Waals surface area contributed by atoms with Crippen LogP contribution in [0.1, 0.15) is 26.3 Å². The van der Waals surface area contributed by atoms with E-state index in [2.05, 4.69) is 0 Å². The summed E-state index contributed by atoms with van der Waals surface area (Å²) in [5, 5.41) is 11.6. The lowest BCUT2D eigenvalue weighted by Crippen LogP contribution is -2.50. The average molecular weight is 539 g/mol. The fourth-order valence-electron chi connectivity index (χ4n) is 4.25. The van der Waals surface area contributed by atoms with Crippen LogP contribution in [0.2, 0.25) is 0 Å². The average Bonchev–Trinajstić information content (AvgIpc) is 3.14. The van der Waals surface area contributed by atoms with E-state index in [1.807, 2.05) is 30.3 Å². The van der Waals surface area contributed by atoms with Crippen LogP contribution in [0.3, 0.4) is 0 Å². The molecule has 0 bridgehead atoms. The molecule has 0 radical (unpaired) electrons. The Labute approximate surface area is 221 Å². The topological polar surface area (TPSA) is 108 Å². The Morgan fingerprint density at radius 3 is 1.87 bits per heavy atom. The molecular weight excluding hydrogens is 507 g/mol. The van der Waals surface area contributed by atoms with Crippen molar-refractivity contribution < 1.29 is 38.2 Å². The molecule has 3 aromatic rings. The van der Waals surface area contributed by atoms with Gasteiger partial charge in [0.1, 0.15) is 12.7 Å². The maximum absolute atomic E-state index is 13.1. The minimum atomic E-state index is -2.73. The SMILES string of the molecule is CP(C)(=O)C[C@H]1O[C@](O)(COCc2ccccc2)C(OC(=O)c2ccccc2)C1OC(=O)c1ccccc1. The van der Waals surface area contributed by atoms with Gasteiger partial charge < -0.3 is 28.6 Å². The van der Waals surface area contributed by atoms with Crippen molar-refractivity contribution in [3.63, 3.8) is 0 Å². The number of rotatable bonds is 10. The van der Waals surface area contributed by atoms with E-state index in [1.54, 1.807) is 74.0 Å². The lowest BCUT2D eigenvalue weighted by Gasteiger charge is -2.29. The minimum Gasteiger partial charge on any atom is -0.452 e. The first-order chi connectivity index (χ1) is 18.1. The molecule has 4 atom stereocenters. The van der Waals surface area contributed by atoms with Gasteiger partial charge in [-0.25, -0.2) is 9.59 Å². The van der Waals surface area contributed by atoms with Crippen molar-refractivity contribution in [2.45, 2.75) is 30.7 Å². The Hall–Kier alpha value is -3.29. The number of hydrogen-bond donors (Lipinski definition) is 1. The van der Waals surface area contributed by atoms with Gasteiger partial charge in [-0.05, 0) is 43.2 Å². The van der Waals surface area contributed by atoms with Gasteiger partial charge in [-0.2, -0.15) is 0 Å². The first-order valence-electron chi connectivity index (χ1n) is 12.2. The third-order valence-electron chi connectivity index (χ3n) is 6.00. The van der Waals surface area contributed by atoms with Gasteiger partial charge in [-0.3, -0.25) is 0 Å². The molecule has 200 valence electrons. The molecule has 1 heterocycles. The third-order valence-corrected chi connectivity index (χ3v) is 7.24. The maximum Gasteiger partial charge on any atom is 0.338 e. The molecule has 3 aromatic carbocycles. The smallest absolute Gasteiger partial charge is 0.338 e. The van der Waals surface area contributed by atoms with Crippen molar-refractivity contribution in [3.05, 3.63) is 108 Å². The molecule has 1 saturated heterocycles. The quantitative estimate of drug-likeness (QED) is 0.300. The Kier molecular flexibility index (Phi) is 8.80. The molecule has 0 amide bonds. The predicted octanol–water partition coefficient (Wildman–Crippen LogP) is 4.36. The second kappa shape index (κ2) is 12.0. The summed E-state index contributed by atoms with van der Waals surface area (Å²) in [6, 6.07) is 25.9. The lowest BCUT2D eigenvalue weighted by molar-refractivity contribution is -0.252. The first kappa shape index (κ1) is 27.7. The summed E-state index contributed by atoms with van der Waals surface area (Å²) in [5.41, 5.74) is 1.38. The van der Waals surface area contributed by atoms with Crippen LogP contribution < -0.4 is 0 Å². The molecule has 1 aliphatic heterocycles. The Balaban J connectivity index is 1.63. The third kappa shape index (κ3) is 7.17. The molecule has 38 heavy (non-hydrogen) atoms. The molecule has 8 nitrogen and oxygen atoms in total. The van der Waals surface area contributed by atoms with E-state index in [0.29, 0.717) is 0 Å². The number of carbonyl (C=O) groups is 2. The molecule has 1 fully saturated rings. The van der Waals surface area contributed by atoms with E-state index < -0.39 is 43.2 Å². The van der Waals surface area contributed by atoms with E-state index >= 15 is 0 Å². The first-order valence-corrected chi connectivity index (χ1v) is 15.0. The predicted molar refractivity (Wildman–Crippen MR) is 142 cm³/mol. The van der Waals surface area contributed by atoms with Crippen LogP contribution in [0.4, 0.5) is 0 Å². The van der Waals surface area contributed by atoms with Gasteiger partial charge in [0, 0.05) is 6.16 Å². The highest BCUT2D eigenvalue weighted by molar-refractivity contribution is 7.62. The molecule has 0 aromatic heterocycles. The summed E-state index contributed by atoms with van der Waals surface area (Å²) in [4.78, 5) is 26.1. The summed E-state index contributed by atoms with van der Waals surface area (Å²) in [7, 11) is -2.73. The summed E-state index contributed by atoms with van der Waals surface area (Å²) in [5.74, 6) is -3.60. The zero-order valence-corrected chi connectivity index (χ0v) is 22.2. The molecule has 2 unspecified atom stereocenters. The number of esters is 2. The van der Waals surface area contributed by atoms with Gasteiger partial charge in [0.2, 0.25) is 5.79 Å². The number of ether oxygens (including phenoxy) is 4. The number of carbonyl (C=O) groups excluding carboxylic acids is 2.